The Morgan fingerprint density at radius 3 is 2.89 bits per heavy atom. The van der Waals surface area contributed by atoms with Crippen LogP contribution in [0.3, 0.4) is 0 Å². The number of halogens is 2. The number of nitro groups is 1. The topological polar surface area (TPSA) is 81.5 Å². The maximum atomic E-state index is 13.5. The van der Waals surface area contributed by atoms with E-state index in [1.165, 1.54) is 25.1 Å². The fourth-order valence-corrected chi connectivity index (χ4v) is 1.33. The van der Waals surface area contributed by atoms with Gasteiger partial charge in [0.15, 0.2) is 5.82 Å². The molecular formula is C11H10ClFN2O4. The lowest BCUT2D eigenvalue weighted by atomic mass is 10.3. The number of hydrogen-bond donors (Lipinski definition) is 1. The Labute approximate surface area is 113 Å². The van der Waals surface area contributed by atoms with Crippen molar-refractivity contribution in [1.29, 1.82) is 0 Å². The SMILES string of the molecule is CCOC(=O)/C(=C/Nc1cccc(Cl)c1F)[N+](=O)[O-]. The van der Waals surface area contributed by atoms with Gasteiger partial charge in [-0.2, -0.15) is 0 Å². The van der Waals surface area contributed by atoms with Crippen molar-refractivity contribution in [2.45, 2.75) is 6.92 Å². The second-order valence-electron chi connectivity index (χ2n) is 3.25. The van der Waals surface area contributed by atoms with Gasteiger partial charge in [-0.05, 0) is 19.1 Å². The molecule has 19 heavy (non-hydrogen) atoms. The van der Waals surface area contributed by atoms with Crippen molar-refractivity contribution in [1.82, 2.24) is 0 Å². The van der Waals surface area contributed by atoms with Crippen LogP contribution in [-0.2, 0) is 9.53 Å². The number of anilines is 1. The molecule has 0 amide bonds. The van der Waals surface area contributed by atoms with Gasteiger partial charge in [-0.15, -0.1) is 0 Å². The van der Waals surface area contributed by atoms with Crippen LogP contribution < -0.4 is 5.32 Å². The van der Waals surface area contributed by atoms with E-state index in [1.54, 1.807) is 0 Å². The third-order valence-electron chi connectivity index (χ3n) is 2.00. The molecule has 0 heterocycles. The van der Waals surface area contributed by atoms with E-state index in [0.29, 0.717) is 0 Å². The fraction of sp³-hybridized carbons (Fsp3) is 0.182. The maximum absolute atomic E-state index is 13.5. The van der Waals surface area contributed by atoms with Gasteiger partial charge in [-0.3, -0.25) is 10.1 Å². The van der Waals surface area contributed by atoms with Crippen LogP contribution in [0.1, 0.15) is 6.92 Å². The minimum absolute atomic E-state index is 0.00443. The number of esters is 1. The summed E-state index contributed by atoms with van der Waals surface area (Å²) < 4.78 is 18.0. The van der Waals surface area contributed by atoms with Crippen LogP contribution in [0.25, 0.3) is 0 Å². The van der Waals surface area contributed by atoms with Crippen molar-refractivity contribution in [2.75, 3.05) is 11.9 Å². The summed E-state index contributed by atoms with van der Waals surface area (Å²) in [6.07, 6.45) is 0.757. The number of nitrogens with zero attached hydrogens (tertiary/aromatic N) is 1. The third kappa shape index (κ3) is 3.92. The minimum atomic E-state index is -1.11. The van der Waals surface area contributed by atoms with E-state index in [2.05, 4.69) is 10.1 Å². The highest BCUT2D eigenvalue weighted by Crippen LogP contribution is 2.22. The molecule has 102 valence electrons. The molecule has 0 radical (unpaired) electrons. The molecule has 0 atom stereocenters. The van der Waals surface area contributed by atoms with Crippen LogP contribution in [0.2, 0.25) is 5.02 Å². The summed E-state index contributed by atoms with van der Waals surface area (Å²) in [4.78, 5) is 21.0. The smallest absolute Gasteiger partial charge is 0.411 e. The van der Waals surface area contributed by atoms with Gasteiger partial charge >= 0.3 is 11.7 Å². The van der Waals surface area contributed by atoms with Gasteiger partial charge in [0.1, 0.15) is 0 Å². The van der Waals surface area contributed by atoms with E-state index >= 15 is 0 Å². The van der Waals surface area contributed by atoms with Crippen LogP contribution >= 0.6 is 11.6 Å². The molecule has 6 nitrogen and oxygen atoms in total. The standard InChI is InChI=1S/C11H10ClFN2O4/c1-2-19-11(16)9(15(17)18)6-14-8-5-3-4-7(12)10(8)13/h3-6,14H,2H2,1H3/b9-6-. The quantitative estimate of drug-likeness (QED) is 0.390. The van der Waals surface area contributed by atoms with Gasteiger partial charge in [0.25, 0.3) is 0 Å². The van der Waals surface area contributed by atoms with Gasteiger partial charge in [-0.1, -0.05) is 17.7 Å². The molecule has 0 saturated carbocycles. The summed E-state index contributed by atoms with van der Waals surface area (Å²) >= 11 is 5.54. The molecule has 8 heteroatoms. The Hall–Kier alpha value is -2.15. The van der Waals surface area contributed by atoms with Crippen LogP contribution in [0.4, 0.5) is 10.1 Å². The monoisotopic (exact) mass is 288 g/mol. The molecular weight excluding hydrogens is 279 g/mol. The minimum Gasteiger partial charge on any atom is -0.458 e. The first-order valence-electron chi connectivity index (χ1n) is 5.19. The van der Waals surface area contributed by atoms with Crippen molar-refractivity contribution >= 4 is 23.3 Å². The lowest BCUT2D eigenvalue weighted by Crippen LogP contribution is -2.16. The highest BCUT2D eigenvalue weighted by atomic mass is 35.5. The van der Waals surface area contributed by atoms with Gasteiger partial charge < -0.3 is 10.1 Å². The van der Waals surface area contributed by atoms with Gasteiger partial charge in [0.2, 0.25) is 0 Å². The van der Waals surface area contributed by atoms with Crippen molar-refractivity contribution in [2.24, 2.45) is 0 Å². The molecule has 0 fully saturated rings. The summed E-state index contributed by atoms with van der Waals surface area (Å²) in [5.41, 5.74) is -0.919. The predicted octanol–water partition coefficient (Wildman–Crippen LogP) is 2.57. The summed E-state index contributed by atoms with van der Waals surface area (Å²) in [6, 6.07) is 4.10. The summed E-state index contributed by atoms with van der Waals surface area (Å²) in [5, 5.41) is 12.8. The first kappa shape index (κ1) is 14.9. The predicted molar refractivity (Wildman–Crippen MR) is 66.7 cm³/mol. The Morgan fingerprint density at radius 2 is 2.32 bits per heavy atom. The molecule has 0 bridgehead atoms. The normalized spacial score (nSPS) is 11.0. The molecule has 0 aromatic heterocycles. The highest BCUT2D eigenvalue weighted by Gasteiger charge is 2.23. The Balaban J connectivity index is 2.96. The Kier molecular flexibility index (Phi) is 5.25. The first-order valence-corrected chi connectivity index (χ1v) is 5.57. The number of benzene rings is 1. The molecule has 0 spiro atoms. The molecule has 0 aliphatic carbocycles. The molecule has 0 aliphatic rings. The Bertz CT molecular complexity index is 533. The zero-order chi connectivity index (χ0) is 14.4. The summed E-state index contributed by atoms with van der Waals surface area (Å²) in [7, 11) is 0. The first-order chi connectivity index (χ1) is 8.97. The molecule has 0 aliphatic heterocycles. The van der Waals surface area contributed by atoms with Crippen LogP contribution in [0, 0.1) is 15.9 Å². The van der Waals surface area contributed by atoms with Gasteiger partial charge in [0, 0.05) is 0 Å². The van der Waals surface area contributed by atoms with E-state index in [0.717, 1.165) is 6.20 Å². The van der Waals surface area contributed by atoms with E-state index in [1.807, 2.05) is 0 Å². The lowest BCUT2D eigenvalue weighted by Gasteiger charge is -2.04. The van der Waals surface area contributed by atoms with Gasteiger partial charge in [0.05, 0.1) is 28.4 Å². The number of nitrogens with one attached hydrogen (secondary N) is 1. The molecule has 0 unspecified atom stereocenters. The molecule has 1 N–H and O–H groups in total. The average molecular weight is 289 g/mol. The zero-order valence-electron chi connectivity index (χ0n) is 9.85. The summed E-state index contributed by atoms with van der Waals surface area (Å²) in [6.45, 7) is 1.51. The van der Waals surface area contributed by atoms with E-state index < -0.39 is 22.4 Å². The maximum Gasteiger partial charge on any atom is 0.411 e. The number of rotatable bonds is 5. The lowest BCUT2D eigenvalue weighted by molar-refractivity contribution is -0.421. The summed E-state index contributed by atoms with van der Waals surface area (Å²) in [5.74, 6) is -1.88. The molecule has 1 aromatic carbocycles. The van der Waals surface area contributed by atoms with Gasteiger partial charge in [-0.25, -0.2) is 9.18 Å². The largest absolute Gasteiger partial charge is 0.458 e. The van der Waals surface area contributed by atoms with Crippen LogP contribution in [-0.4, -0.2) is 17.5 Å². The molecule has 0 saturated heterocycles. The number of carbonyl (C=O) groups excluding carboxylic acids is 1. The van der Waals surface area contributed by atoms with E-state index in [-0.39, 0.29) is 17.3 Å². The van der Waals surface area contributed by atoms with Crippen LogP contribution in [0.5, 0.6) is 0 Å². The van der Waals surface area contributed by atoms with E-state index in [9.17, 15) is 19.3 Å². The van der Waals surface area contributed by atoms with Crippen molar-refractivity contribution in [3.05, 3.63) is 51.1 Å². The number of ether oxygens (including phenoxy) is 1. The molecule has 1 rings (SSSR count). The number of carbonyl (C=O) groups is 1. The van der Waals surface area contributed by atoms with Crippen molar-refractivity contribution < 1.29 is 18.8 Å². The van der Waals surface area contributed by atoms with Crippen molar-refractivity contribution in [3.63, 3.8) is 0 Å². The molecule has 1 aromatic rings. The van der Waals surface area contributed by atoms with Crippen molar-refractivity contribution in [3.8, 4) is 0 Å². The zero-order valence-corrected chi connectivity index (χ0v) is 10.6. The third-order valence-corrected chi connectivity index (χ3v) is 2.29. The Morgan fingerprint density at radius 1 is 1.63 bits per heavy atom. The fourth-order valence-electron chi connectivity index (χ4n) is 1.15. The average Bonchev–Trinajstić information content (AvgIpc) is 2.34. The highest BCUT2D eigenvalue weighted by molar-refractivity contribution is 6.31. The second kappa shape index (κ2) is 6.69. The number of hydrogen-bond acceptors (Lipinski definition) is 5. The second-order valence-corrected chi connectivity index (χ2v) is 3.66. The van der Waals surface area contributed by atoms with E-state index in [4.69, 9.17) is 11.6 Å². The van der Waals surface area contributed by atoms with Crippen LogP contribution in [0.15, 0.2) is 30.1 Å².